The molecule has 2 aromatic carbocycles. The van der Waals surface area contributed by atoms with E-state index in [1.165, 1.54) is 10.9 Å². The Bertz CT molecular complexity index is 1230. The Balaban J connectivity index is 1.19. The summed E-state index contributed by atoms with van der Waals surface area (Å²) in [5, 5.41) is 0.481. The van der Waals surface area contributed by atoms with Crippen molar-refractivity contribution in [1.29, 1.82) is 0 Å². The van der Waals surface area contributed by atoms with Gasteiger partial charge in [0.2, 0.25) is 12.0 Å². The van der Waals surface area contributed by atoms with E-state index < -0.39 is 6.10 Å². The average molecular weight is 434 g/mol. The standard InChI is InChI=1S/C23H22N4O5/c28-21(13-27-15-24-17-6-2-1-5-16(17)22(27)29)25-9-11-26(12-10-25)23(30)20-14-31-18-7-3-4-8-19(18)32-20/h1-8,15,20H,9-14H2. The SMILES string of the molecule is O=C(Cn1cnc2ccccc2c1=O)N1CCN(C(=O)C2COc3ccccc3O2)CC1. The zero-order valence-corrected chi connectivity index (χ0v) is 17.3. The fourth-order valence-corrected chi connectivity index (χ4v) is 3.99. The molecule has 9 nitrogen and oxygen atoms in total. The lowest BCUT2D eigenvalue weighted by Crippen LogP contribution is -2.55. The molecule has 1 saturated heterocycles. The van der Waals surface area contributed by atoms with Gasteiger partial charge in [-0.3, -0.25) is 19.0 Å². The van der Waals surface area contributed by atoms with E-state index in [1.54, 1.807) is 40.1 Å². The van der Waals surface area contributed by atoms with E-state index in [1.807, 2.05) is 18.2 Å². The van der Waals surface area contributed by atoms with Gasteiger partial charge in [-0.25, -0.2) is 4.98 Å². The van der Waals surface area contributed by atoms with Gasteiger partial charge in [0.25, 0.3) is 11.5 Å². The summed E-state index contributed by atoms with van der Waals surface area (Å²) >= 11 is 0. The summed E-state index contributed by atoms with van der Waals surface area (Å²) in [5.74, 6) is 0.856. The van der Waals surface area contributed by atoms with Crippen LogP contribution in [0.4, 0.5) is 0 Å². The number of nitrogens with zero attached hydrogens (tertiary/aromatic N) is 4. The molecule has 0 aliphatic carbocycles. The van der Waals surface area contributed by atoms with Crippen LogP contribution in [0, 0.1) is 0 Å². The number of piperazine rings is 1. The molecule has 32 heavy (non-hydrogen) atoms. The highest BCUT2D eigenvalue weighted by Gasteiger charge is 2.33. The van der Waals surface area contributed by atoms with Gasteiger partial charge in [-0.15, -0.1) is 0 Å². The van der Waals surface area contributed by atoms with Crippen LogP contribution in [0.1, 0.15) is 0 Å². The van der Waals surface area contributed by atoms with Gasteiger partial charge >= 0.3 is 0 Å². The quantitative estimate of drug-likeness (QED) is 0.608. The topological polar surface area (TPSA) is 94.0 Å². The molecule has 0 spiro atoms. The van der Waals surface area contributed by atoms with E-state index >= 15 is 0 Å². The van der Waals surface area contributed by atoms with Crippen molar-refractivity contribution in [3.05, 3.63) is 65.2 Å². The zero-order valence-electron chi connectivity index (χ0n) is 17.3. The van der Waals surface area contributed by atoms with Gasteiger partial charge in [0.15, 0.2) is 11.5 Å². The van der Waals surface area contributed by atoms with Crippen LogP contribution in [0.2, 0.25) is 0 Å². The molecule has 0 N–H and O–H groups in total. The molecule has 0 saturated carbocycles. The molecule has 9 heteroatoms. The molecular formula is C23H22N4O5. The molecule has 2 amide bonds. The molecule has 0 bridgehead atoms. The first-order valence-electron chi connectivity index (χ1n) is 10.5. The van der Waals surface area contributed by atoms with Crippen molar-refractivity contribution in [2.75, 3.05) is 32.8 Å². The van der Waals surface area contributed by atoms with Gasteiger partial charge < -0.3 is 19.3 Å². The lowest BCUT2D eigenvalue weighted by Gasteiger charge is -2.37. The van der Waals surface area contributed by atoms with Gasteiger partial charge in [0, 0.05) is 26.2 Å². The predicted octanol–water partition coefficient (Wildman–Crippen LogP) is 0.907. The van der Waals surface area contributed by atoms with Crippen LogP contribution >= 0.6 is 0 Å². The van der Waals surface area contributed by atoms with Crippen molar-refractivity contribution in [3.8, 4) is 11.5 Å². The van der Waals surface area contributed by atoms with Crippen molar-refractivity contribution < 1.29 is 19.1 Å². The van der Waals surface area contributed by atoms with E-state index in [-0.39, 0.29) is 30.5 Å². The predicted molar refractivity (Wildman–Crippen MR) is 116 cm³/mol. The molecule has 1 fully saturated rings. The molecule has 164 valence electrons. The number of aromatic nitrogens is 2. The lowest BCUT2D eigenvalue weighted by molar-refractivity contribution is -0.146. The number of ether oxygens (including phenoxy) is 2. The third-order valence-electron chi connectivity index (χ3n) is 5.77. The van der Waals surface area contributed by atoms with Crippen molar-refractivity contribution in [2.24, 2.45) is 0 Å². The molecule has 0 radical (unpaired) electrons. The van der Waals surface area contributed by atoms with Gasteiger partial charge in [-0.05, 0) is 24.3 Å². The smallest absolute Gasteiger partial charge is 0.267 e. The van der Waals surface area contributed by atoms with Crippen molar-refractivity contribution in [2.45, 2.75) is 12.6 Å². The maximum Gasteiger partial charge on any atom is 0.267 e. The van der Waals surface area contributed by atoms with Crippen LogP contribution in [0.5, 0.6) is 11.5 Å². The number of benzene rings is 2. The summed E-state index contributed by atoms with van der Waals surface area (Å²) in [5.41, 5.74) is 0.359. The molecule has 1 aromatic heterocycles. The van der Waals surface area contributed by atoms with Gasteiger partial charge in [0.1, 0.15) is 13.2 Å². The van der Waals surface area contributed by atoms with Crippen molar-refractivity contribution >= 4 is 22.7 Å². The number of amides is 2. The number of para-hydroxylation sites is 3. The second-order valence-corrected chi connectivity index (χ2v) is 7.77. The van der Waals surface area contributed by atoms with Crippen LogP contribution in [0.25, 0.3) is 10.9 Å². The molecule has 3 aromatic rings. The normalized spacial score (nSPS) is 17.9. The van der Waals surface area contributed by atoms with E-state index in [2.05, 4.69) is 4.98 Å². The maximum atomic E-state index is 12.9. The largest absolute Gasteiger partial charge is 0.485 e. The van der Waals surface area contributed by atoms with E-state index in [4.69, 9.17) is 9.47 Å². The second kappa shape index (κ2) is 8.33. The fraction of sp³-hybridized carbons (Fsp3) is 0.304. The molecule has 1 unspecified atom stereocenters. The van der Waals surface area contributed by atoms with E-state index in [0.717, 1.165) is 0 Å². The Kier molecular flexibility index (Phi) is 5.22. The third-order valence-corrected chi connectivity index (χ3v) is 5.77. The highest BCUT2D eigenvalue weighted by atomic mass is 16.6. The van der Waals surface area contributed by atoms with Crippen LogP contribution in [-0.4, -0.2) is 70.1 Å². The number of carbonyl (C=O) groups is 2. The van der Waals surface area contributed by atoms with Crippen LogP contribution < -0.4 is 15.0 Å². The van der Waals surface area contributed by atoms with E-state index in [0.29, 0.717) is 48.6 Å². The summed E-state index contributed by atoms with van der Waals surface area (Å²) in [7, 11) is 0. The summed E-state index contributed by atoms with van der Waals surface area (Å²) in [6, 6.07) is 14.3. The Morgan fingerprint density at radius 1 is 0.938 bits per heavy atom. The zero-order chi connectivity index (χ0) is 22.1. The first-order chi connectivity index (χ1) is 15.6. The molecule has 5 rings (SSSR count). The number of hydrogen-bond donors (Lipinski definition) is 0. The van der Waals surface area contributed by atoms with Gasteiger partial charge in [0.05, 0.1) is 17.2 Å². The lowest BCUT2D eigenvalue weighted by atomic mass is 10.2. The molecule has 2 aliphatic heterocycles. The highest BCUT2D eigenvalue weighted by molar-refractivity contribution is 5.83. The van der Waals surface area contributed by atoms with Gasteiger partial charge in [-0.2, -0.15) is 0 Å². The first-order valence-corrected chi connectivity index (χ1v) is 10.5. The number of hydrogen-bond acceptors (Lipinski definition) is 6. The first kappa shape index (κ1) is 20.0. The Labute approximate surface area is 183 Å². The Morgan fingerprint density at radius 2 is 1.62 bits per heavy atom. The van der Waals surface area contributed by atoms with Crippen LogP contribution in [0.3, 0.4) is 0 Å². The Morgan fingerprint density at radius 3 is 2.44 bits per heavy atom. The number of carbonyl (C=O) groups excluding carboxylic acids is 2. The number of fused-ring (bicyclic) bond motifs is 2. The van der Waals surface area contributed by atoms with Crippen molar-refractivity contribution in [3.63, 3.8) is 0 Å². The minimum absolute atomic E-state index is 0.0824. The summed E-state index contributed by atoms with van der Waals surface area (Å²) < 4.78 is 12.8. The van der Waals surface area contributed by atoms with E-state index in [9.17, 15) is 14.4 Å². The third kappa shape index (κ3) is 3.77. The van der Waals surface area contributed by atoms with Crippen LogP contribution in [0.15, 0.2) is 59.7 Å². The van der Waals surface area contributed by atoms with Crippen LogP contribution in [-0.2, 0) is 16.1 Å². The second-order valence-electron chi connectivity index (χ2n) is 7.77. The van der Waals surface area contributed by atoms with Gasteiger partial charge in [-0.1, -0.05) is 24.3 Å². The monoisotopic (exact) mass is 434 g/mol. The molecule has 2 aliphatic rings. The minimum atomic E-state index is -0.700. The summed E-state index contributed by atoms with van der Waals surface area (Å²) in [6.45, 7) is 1.66. The van der Waals surface area contributed by atoms with Crippen molar-refractivity contribution in [1.82, 2.24) is 19.4 Å². The molecular weight excluding hydrogens is 412 g/mol. The molecule has 1 atom stereocenters. The minimum Gasteiger partial charge on any atom is -0.485 e. The molecule has 3 heterocycles. The highest BCUT2D eigenvalue weighted by Crippen LogP contribution is 2.31. The average Bonchev–Trinajstić information content (AvgIpc) is 2.85. The fourth-order valence-electron chi connectivity index (χ4n) is 3.99. The maximum absolute atomic E-state index is 12.9. The number of rotatable bonds is 3. The summed E-state index contributed by atoms with van der Waals surface area (Å²) in [4.78, 5) is 45.9. The Hall–Kier alpha value is -3.88. The summed E-state index contributed by atoms with van der Waals surface area (Å²) in [6.07, 6.45) is 0.704.